The second-order valence-corrected chi connectivity index (χ2v) is 8.40. The molecule has 2 N–H and O–H groups in total. The zero-order chi connectivity index (χ0) is 21.3. The number of hydrogen-bond donors (Lipinski definition) is 2. The predicted octanol–water partition coefficient (Wildman–Crippen LogP) is 3.80. The van der Waals surface area contributed by atoms with Crippen molar-refractivity contribution in [1.82, 2.24) is 15.5 Å². The molecule has 5 nitrogen and oxygen atoms in total. The van der Waals surface area contributed by atoms with E-state index in [2.05, 4.69) is 40.7 Å². The Bertz CT molecular complexity index is 837. The molecule has 0 aromatic heterocycles. The Labute approximate surface area is 179 Å². The van der Waals surface area contributed by atoms with Crippen LogP contribution in [0.25, 0.3) is 0 Å². The van der Waals surface area contributed by atoms with Crippen molar-refractivity contribution in [3.8, 4) is 0 Å². The molecule has 0 aliphatic carbocycles. The first-order valence-corrected chi connectivity index (χ1v) is 10.9. The molecule has 2 atom stereocenters. The monoisotopic (exact) mass is 407 g/mol. The fourth-order valence-corrected chi connectivity index (χ4v) is 4.19. The van der Waals surface area contributed by atoms with Crippen LogP contribution in [-0.4, -0.2) is 29.8 Å². The molecule has 1 aliphatic heterocycles. The highest BCUT2D eigenvalue weighted by Crippen LogP contribution is 2.20. The zero-order valence-electron chi connectivity index (χ0n) is 18.1. The van der Waals surface area contributed by atoms with Gasteiger partial charge in [-0.1, -0.05) is 61.5 Å². The number of benzene rings is 2. The van der Waals surface area contributed by atoms with Gasteiger partial charge < -0.3 is 10.6 Å². The molecule has 2 aromatic rings. The Morgan fingerprint density at radius 2 is 1.77 bits per heavy atom. The molecule has 3 rings (SSSR count). The second-order valence-electron chi connectivity index (χ2n) is 8.40. The minimum absolute atomic E-state index is 0.0704. The SMILES string of the molecule is CC(=O)N[C@@H](CC(=O)NCc1ccccc1CN1CCC[C@H](C)C1)c1ccccc1. The highest BCUT2D eigenvalue weighted by molar-refractivity contribution is 5.79. The van der Waals surface area contributed by atoms with Gasteiger partial charge in [-0.3, -0.25) is 14.5 Å². The van der Waals surface area contributed by atoms with E-state index in [0.717, 1.165) is 36.7 Å². The molecule has 0 saturated carbocycles. The van der Waals surface area contributed by atoms with Crippen LogP contribution in [0.1, 0.15) is 55.8 Å². The van der Waals surface area contributed by atoms with Gasteiger partial charge in [0.2, 0.25) is 11.8 Å². The van der Waals surface area contributed by atoms with Gasteiger partial charge in [-0.15, -0.1) is 0 Å². The van der Waals surface area contributed by atoms with Gasteiger partial charge in [0.25, 0.3) is 0 Å². The summed E-state index contributed by atoms with van der Waals surface area (Å²) in [5, 5.41) is 5.94. The van der Waals surface area contributed by atoms with Gasteiger partial charge >= 0.3 is 0 Å². The smallest absolute Gasteiger partial charge is 0.222 e. The lowest BCUT2D eigenvalue weighted by Gasteiger charge is -2.31. The highest BCUT2D eigenvalue weighted by atomic mass is 16.2. The number of amides is 2. The topological polar surface area (TPSA) is 61.4 Å². The van der Waals surface area contributed by atoms with Gasteiger partial charge in [0, 0.05) is 26.6 Å². The van der Waals surface area contributed by atoms with Crippen molar-refractivity contribution in [2.75, 3.05) is 13.1 Å². The summed E-state index contributed by atoms with van der Waals surface area (Å²) in [6.45, 7) is 7.49. The van der Waals surface area contributed by atoms with E-state index in [0.29, 0.717) is 6.54 Å². The molecule has 0 unspecified atom stereocenters. The molecule has 2 aromatic carbocycles. The minimum atomic E-state index is -0.325. The van der Waals surface area contributed by atoms with E-state index in [4.69, 9.17) is 0 Å². The van der Waals surface area contributed by atoms with Crippen LogP contribution in [0.2, 0.25) is 0 Å². The maximum Gasteiger partial charge on any atom is 0.222 e. The van der Waals surface area contributed by atoms with E-state index in [-0.39, 0.29) is 24.3 Å². The maximum atomic E-state index is 12.7. The molecule has 30 heavy (non-hydrogen) atoms. The Kier molecular flexibility index (Phi) is 8.03. The van der Waals surface area contributed by atoms with Gasteiger partial charge in [-0.05, 0) is 42.0 Å². The van der Waals surface area contributed by atoms with Crippen molar-refractivity contribution >= 4 is 11.8 Å². The lowest BCUT2D eigenvalue weighted by atomic mass is 9.99. The molecule has 1 fully saturated rings. The normalized spacial score (nSPS) is 17.9. The number of carbonyl (C=O) groups is 2. The average molecular weight is 408 g/mol. The number of carbonyl (C=O) groups excluding carboxylic acids is 2. The summed E-state index contributed by atoms with van der Waals surface area (Å²) in [4.78, 5) is 26.8. The van der Waals surface area contributed by atoms with Crippen LogP contribution < -0.4 is 10.6 Å². The third-order valence-electron chi connectivity index (χ3n) is 5.70. The number of nitrogens with zero attached hydrogens (tertiary/aromatic N) is 1. The zero-order valence-corrected chi connectivity index (χ0v) is 18.1. The molecule has 160 valence electrons. The van der Waals surface area contributed by atoms with E-state index in [9.17, 15) is 9.59 Å². The highest BCUT2D eigenvalue weighted by Gasteiger charge is 2.19. The number of hydrogen-bond acceptors (Lipinski definition) is 3. The number of piperidine rings is 1. The standard InChI is InChI=1S/C25H33N3O2/c1-19-9-8-14-28(17-19)18-23-13-7-6-12-22(23)16-26-25(30)15-24(27-20(2)29)21-10-4-3-5-11-21/h3-7,10-13,19,24H,8-9,14-18H2,1-2H3,(H,26,30)(H,27,29)/t19-,24-/m0/s1. The van der Waals surface area contributed by atoms with E-state index >= 15 is 0 Å². The van der Waals surface area contributed by atoms with Crippen LogP contribution in [0.15, 0.2) is 54.6 Å². The Morgan fingerprint density at radius 1 is 1.07 bits per heavy atom. The van der Waals surface area contributed by atoms with Crippen molar-refractivity contribution < 1.29 is 9.59 Å². The third-order valence-corrected chi connectivity index (χ3v) is 5.70. The van der Waals surface area contributed by atoms with E-state index in [1.807, 2.05) is 36.4 Å². The van der Waals surface area contributed by atoms with Gasteiger partial charge in [0.1, 0.15) is 0 Å². The van der Waals surface area contributed by atoms with Crippen LogP contribution in [0.4, 0.5) is 0 Å². The fraction of sp³-hybridized carbons (Fsp3) is 0.440. The Hall–Kier alpha value is -2.66. The molecule has 0 spiro atoms. The van der Waals surface area contributed by atoms with Crippen LogP contribution in [-0.2, 0) is 22.7 Å². The van der Waals surface area contributed by atoms with Crippen LogP contribution in [0.5, 0.6) is 0 Å². The van der Waals surface area contributed by atoms with Crippen molar-refractivity contribution in [2.24, 2.45) is 5.92 Å². The molecule has 1 saturated heterocycles. The molecule has 0 radical (unpaired) electrons. The molecular weight excluding hydrogens is 374 g/mol. The molecule has 1 aliphatic rings. The first kappa shape index (κ1) is 22.0. The van der Waals surface area contributed by atoms with Crippen molar-refractivity contribution in [2.45, 2.75) is 52.2 Å². The predicted molar refractivity (Wildman–Crippen MR) is 120 cm³/mol. The first-order chi connectivity index (χ1) is 14.5. The van der Waals surface area contributed by atoms with E-state index in [1.54, 1.807) is 0 Å². The molecule has 5 heteroatoms. The van der Waals surface area contributed by atoms with Crippen LogP contribution in [0, 0.1) is 5.92 Å². The van der Waals surface area contributed by atoms with Crippen molar-refractivity contribution in [3.63, 3.8) is 0 Å². The summed E-state index contributed by atoms with van der Waals surface area (Å²) < 4.78 is 0. The van der Waals surface area contributed by atoms with Gasteiger partial charge in [0.05, 0.1) is 12.5 Å². The summed E-state index contributed by atoms with van der Waals surface area (Å²) in [5.74, 6) is 0.533. The summed E-state index contributed by atoms with van der Waals surface area (Å²) in [6, 6.07) is 17.6. The van der Waals surface area contributed by atoms with Crippen molar-refractivity contribution in [1.29, 1.82) is 0 Å². The van der Waals surface area contributed by atoms with Gasteiger partial charge in [-0.25, -0.2) is 0 Å². The lowest BCUT2D eigenvalue weighted by Crippen LogP contribution is -2.34. The largest absolute Gasteiger partial charge is 0.352 e. The van der Waals surface area contributed by atoms with Gasteiger partial charge in [-0.2, -0.15) is 0 Å². The number of likely N-dealkylation sites (tertiary alicyclic amines) is 1. The molecule has 2 amide bonds. The van der Waals surface area contributed by atoms with E-state index < -0.39 is 0 Å². The summed E-state index contributed by atoms with van der Waals surface area (Å²) >= 11 is 0. The molecule has 0 bridgehead atoms. The maximum absolute atomic E-state index is 12.7. The average Bonchev–Trinajstić information content (AvgIpc) is 2.73. The van der Waals surface area contributed by atoms with Crippen molar-refractivity contribution in [3.05, 3.63) is 71.3 Å². The lowest BCUT2D eigenvalue weighted by molar-refractivity contribution is -0.122. The third kappa shape index (κ3) is 6.70. The minimum Gasteiger partial charge on any atom is -0.352 e. The molecule has 1 heterocycles. The quantitative estimate of drug-likeness (QED) is 0.700. The van der Waals surface area contributed by atoms with Crippen LogP contribution in [0.3, 0.4) is 0 Å². The summed E-state index contributed by atoms with van der Waals surface area (Å²) in [6.07, 6.45) is 2.78. The number of nitrogens with one attached hydrogen (secondary N) is 2. The first-order valence-electron chi connectivity index (χ1n) is 10.9. The van der Waals surface area contributed by atoms with Gasteiger partial charge in [0.15, 0.2) is 0 Å². The fourth-order valence-electron chi connectivity index (χ4n) is 4.19. The Morgan fingerprint density at radius 3 is 2.47 bits per heavy atom. The summed E-state index contributed by atoms with van der Waals surface area (Å²) in [5.41, 5.74) is 3.36. The van der Waals surface area contributed by atoms with Crippen LogP contribution >= 0.6 is 0 Å². The Balaban J connectivity index is 1.59. The number of rotatable bonds is 8. The molecular formula is C25H33N3O2. The second kappa shape index (κ2) is 10.9. The summed E-state index contributed by atoms with van der Waals surface area (Å²) in [7, 11) is 0. The van der Waals surface area contributed by atoms with E-state index in [1.165, 1.54) is 25.3 Å².